The molecular formula is C32H34N4O4. The van der Waals surface area contributed by atoms with Crippen molar-refractivity contribution in [1.29, 1.82) is 0 Å². The molecule has 206 valence electrons. The first-order valence-electron chi connectivity index (χ1n) is 13.2. The Hall–Kier alpha value is -4.53. The number of anilines is 1. The summed E-state index contributed by atoms with van der Waals surface area (Å²) in [4.78, 5) is 30.0. The normalized spacial score (nSPS) is 13.1. The second kappa shape index (κ2) is 14.6. The summed E-state index contributed by atoms with van der Waals surface area (Å²) in [5, 5.41) is 16.7. The molecular weight excluding hydrogens is 504 g/mol. The number of rotatable bonds is 12. The molecule has 3 unspecified atom stereocenters. The number of hydrogen-bond donors (Lipinski definition) is 4. The first-order valence-corrected chi connectivity index (χ1v) is 13.2. The van der Waals surface area contributed by atoms with E-state index in [1.807, 2.05) is 60.7 Å². The van der Waals surface area contributed by atoms with Crippen molar-refractivity contribution in [2.45, 2.75) is 44.1 Å². The number of hydrogen-bond acceptors (Lipinski definition) is 6. The zero-order valence-electron chi connectivity index (χ0n) is 22.1. The van der Waals surface area contributed by atoms with Crippen molar-refractivity contribution in [3.05, 3.63) is 132 Å². The van der Waals surface area contributed by atoms with Crippen molar-refractivity contribution in [1.82, 2.24) is 10.3 Å². The predicted octanol–water partition coefficient (Wildman–Crippen LogP) is 4.49. The maximum atomic E-state index is 13.4. The van der Waals surface area contributed by atoms with Gasteiger partial charge in [-0.25, -0.2) is 4.79 Å². The second-order valence-electron chi connectivity index (χ2n) is 9.58. The van der Waals surface area contributed by atoms with Crippen LogP contribution in [0.4, 0.5) is 10.5 Å². The molecule has 0 saturated carbocycles. The molecule has 0 aliphatic rings. The van der Waals surface area contributed by atoms with Crippen LogP contribution in [0.2, 0.25) is 0 Å². The maximum absolute atomic E-state index is 13.4. The van der Waals surface area contributed by atoms with Crippen molar-refractivity contribution in [3.8, 4) is 0 Å². The largest absolute Gasteiger partial charge is 0.443 e. The van der Waals surface area contributed by atoms with Crippen LogP contribution in [-0.2, 0) is 24.2 Å². The molecule has 4 rings (SSSR count). The van der Waals surface area contributed by atoms with E-state index < -0.39 is 24.3 Å². The smallest absolute Gasteiger partial charge is 0.412 e. The molecule has 3 aromatic carbocycles. The zero-order chi connectivity index (χ0) is 28.2. The lowest BCUT2D eigenvalue weighted by molar-refractivity contribution is 0.0890. The first-order chi connectivity index (χ1) is 19.5. The summed E-state index contributed by atoms with van der Waals surface area (Å²) in [5.74, 6) is -0.384. The lowest BCUT2D eigenvalue weighted by atomic mass is 9.94. The molecule has 4 aromatic rings. The number of para-hydroxylation sites is 1. The van der Waals surface area contributed by atoms with E-state index in [-0.39, 0.29) is 24.5 Å². The number of carbonyl (C=O) groups is 2. The quantitative estimate of drug-likeness (QED) is 0.211. The van der Waals surface area contributed by atoms with E-state index in [9.17, 15) is 14.7 Å². The van der Waals surface area contributed by atoms with E-state index in [0.29, 0.717) is 24.2 Å². The van der Waals surface area contributed by atoms with Crippen LogP contribution < -0.4 is 16.4 Å². The van der Waals surface area contributed by atoms with Gasteiger partial charge in [0, 0.05) is 18.3 Å². The Morgan fingerprint density at radius 2 is 1.45 bits per heavy atom. The number of carbonyl (C=O) groups excluding carboxylic acids is 2. The highest BCUT2D eigenvalue weighted by molar-refractivity contribution is 6.02. The number of nitrogens with one attached hydrogen (secondary N) is 2. The molecule has 0 saturated heterocycles. The fourth-order valence-electron chi connectivity index (χ4n) is 4.40. The Morgan fingerprint density at radius 1 is 0.825 bits per heavy atom. The lowest BCUT2D eigenvalue weighted by Gasteiger charge is -2.26. The maximum Gasteiger partial charge on any atom is 0.412 e. The van der Waals surface area contributed by atoms with Crippen LogP contribution >= 0.6 is 0 Å². The van der Waals surface area contributed by atoms with Gasteiger partial charge in [-0.3, -0.25) is 15.1 Å². The first kappa shape index (κ1) is 28.5. The van der Waals surface area contributed by atoms with Crippen molar-refractivity contribution in [3.63, 3.8) is 0 Å². The zero-order valence-corrected chi connectivity index (χ0v) is 22.1. The van der Waals surface area contributed by atoms with Gasteiger partial charge < -0.3 is 20.9 Å². The fraction of sp³-hybridized carbons (Fsp3) is 0.219. The molecule has 8 heteroatoms. The molecule has 0 aliphatic carbocycles. The van der Waals surface area contributed by atoms with Gasteiger partial charge in [-0.15, -0.1) is 0 Å². The highest BCUT2D eigenvalue weighted by atomic mass is 16.5. The summed E-state index contributed by atoms with van der Waals surface area (Å²) in [6, 6.07) is 30.6. The second-order valence-corrected chi connectivity index (χ2v) is 9.58. The van der Waals surface area contributed by atoms with Gasteiger partial charge in [0.05, 0.1) is 23.0 Å². The minimum atomic E-state index is -0.843. The molecule has 1 aromatic heterocycles. The standard InChI is InChI=1S/C32H34N4O4/c33-28(20-24-13-5-2-6-14-24)30(37)21-26(19-23-11-3-1-4-12-23)35-31(38)27-16-7-8-17-29(27)36-32(39)40-22-25-15-9-10-18-34-25/h1-18,26,28,30,37H,19-22,33H2,(H,35,38)(H,36,39). The summed E-state index contributed by atoms with van der Waals surface area (Å²) in [6.07, 6.45) is 1.35. The van der Waals surface area contributed by atoms with Gasteiger partial charge in [-0.2, -0.15) is 0 Å². The van der Waals surface area contributed by atoms with Gasteiger partial charge in [-0.05, 0) is 54.7 Å². The van der Waals surface area contributed by atoms with E-state index in [1.54, 1.807) is 48.7 Å². The van der Waals surface area contributed by atoms with Crippen molar-refractivity contribution in [2.24, 2.45) is 5.73 Å². The Bertz CT molecular complexity index is 1350. The Kier molecular flexibility index (Phi) is 10.4. The van der Waals surface area contributed by atoms with E-state index in [2.05, 4.69) is 15.6 Å². The summed E-state index contributed by atoms with van der Waals surface area (Å²) < 4.78 is 5.26. The predicted molar refractivity (Wildman–Crippen MR) is 155 cm³/mol. The molecule has 2 amide bonds. The van der Waals surface area contributed by atoms with E-state index in [0.717, 1.165) is 11.1 Å². The average Bonchev–Trinajstić information content (AvgIpc) is 2.98. The van der Waals surface area contributed by atoms with Crippen LogP contribution in [-0.4, -0.2) is 40.3 Å². The summed E-state index contributed by atoms with van der Waals surface area (Å²) in [7, 11) is 0. The molecule has 40 heavy (non-hydrogen) atoms. The molecule has 1 heterocycles. The molecule has 0 spiro atoms. The summed E-state index contributed by atoms with van der Waals surface area (Å²) in [6.45, 7) is 0.00130. The topological polar surface area (TPSA) is 127 Å². The third kappa shape index (κ3) is 8.76. The highest BCUT2D eigenvalue weighted by Crippen LogP contribution is 2.18. The monoisotopic (exact) mass is 538 g/mol. The SMILES string of the molecule is NC(Cc1ccccc1)C(O)CC(Cc1ccccc1)NC(=O)c1ccccc1NC(=O)OCc1ccccn1. The van der Waals surface area contributed by atoms with Crippen LogP contribution in [0.25, 0.3) is 0 Å². The number of ether oxygens (including phenoxy) is 1. The van der Waals surface area contributed by atoms with Crippen LogP contribution in [0, 0.1) is 0 Å². The summed E-state index contributed by atoms with van der Waals surface area (Å²) in [5.41, 5.74) is 9.60. The van der Waals surface area contributed by atoms with E-state index >= 15 is 0 Å². The van der Waals surface area contributed by atoms with Gasteiger partial charge in [0.2, 0.25) is 0 Å². The number of nitrogens with two attached hydrogens (primary N) is 1. The minimum absolute atomic E-state index is 0.00130. The van der Waals surface area contributed by atoms with Gasteiger partial charge >= 0.3 is 6.09 Å². The van der Waals surface area contributed by atoms with Crippen LogP contribution in [0.15, 0.2) is 109 Å². The number of nitrogens with zero attached hydrogens (tertiary/aromatic N) is 1. The minimum Gasteiger partial charge on any atom is -0.443 e. The van der Waals surface area contributed by atoms with Crippen molar-refractivity contribution in [2.75, 3.05) is 5.32 Å². The molecule has 0 fully saturated rings. The number of benzene rings is 3. The summed E-state index contributed by atoms with van der Waals surface area (Å²) >= 11 is 0. The Labute approximate surface area is 234 Å². The van der Waals surface area contributed by atoms with Crippen molar-refractivity contribution < 1.29 is 19.4 Å². The third-order valence-electron chi connectivity index (χ3n) is 6.48. The number of aromatic nitrogens is 1. The molecule has 5 N–H and O–H groups in total. The van der Waals surface area contributed by atoms with E-state index in [4.69, 9.17) is 10.5 Å². The Morgan fingerprint density at radius 3 is 2.12 bits per heavy atom. The van der Waals surface area contributed by atoms with Gasteiger partial charge in [0.1, 0.15) is 6.61 Å². The molecule has 8 nitrogen and oxygen atoms in total. The highest BCUT2D eigenvalue weighted by Gasteiger charge is 2.24. The molecule has 3 atom stereocenters. The lowest BCUT2D eigenvalue weighted by Crippen LogP contribution is -2.44. The van der Waals surface area contributed by atoms with Crippen LogP contribution in [0.3, 0.4) is 0 Å². The molecule has 0 aliphatic heterocycles. The van der Waals surface area contributed by atoms with E-state index in [1.165, 1.54) is 0 Å². The number of amides is 2. The fourth-order valence-corrected chi connectivity index (χ4v) is 4.40. The number of aliphatic hydroxyl groups is 1. The average molecular weight is 539 g/mol. The Balaban J connectivity index is 1.43. The number of pyridine rings is 1. The number of aliphatic hydroxyl groups excluding tert-OH is 1. The van der Waals surface area contributed by atoms with Gasteiger partial charge in [0.15, 0.2) is 0 Å². The molecule has 0 bridgehead atoms. The van der Waals surface area contributed by atoms with Gasteiger partial charge in [-0.1, -0.05) is 78.9 Å². The van der Waals surface area contributed by atoms with Crippen LogP contribution in [0.5, 0.6) is 0 Å². The third-order valence-corrected chi connectivity index (χ3v) is 6.48. The van der Waals surface area contributed by atoms with Gasteiger partial charge in [0.25, 0.3) is 5.91 Å². The van der Waals surface area contributed by atoms with Crippen LogP contribution in [0.1, 0.15) is 33.6 Å². The van der Waals surface area contributed by atoms with Crippen molar-refractivity contribution >= 4 is 17.7 Å². The molecule has 0 radical (unpaired) electrons.